The molecule has 5 heteroatoms. The van der Waals surface area contributed by atoms with Crippen molar-refractivity contribution in [2.75, 3.05) is 0 Å². The van der Waals surface area contributed by atoms with Gasteiger partial charge in [0, 0.05) is 36.3 Å². The van der Waals surface area contributed by atoms with Gasteiger partial charge in [-0.1, -0.05) is 60.7 Å². The van der Waals surface area contributed by atoms with E-state index in [0.717, 1.165) is 33.8 Å². The van der Waals surface area contributed by atoms with Crippen molar-refractivity contribution >= 4 is 5.91 Å². The predicted molar refractivity (Wildman–Crippen MR) is 111 cm³/mol. The summed E-state index contributed by atoms with van der Waals surface area (Å²) in [6, 6.07) is 20.2. The summed E-state index contributed by atoms with van der Waals surface area (Å²) in [6.45, 7) is 2.37. The van der Waals surface area contributed by atoms with Crippen LogP contribution in [0.25, 0.3) is 22.3 Å². The second kappa shape index (κ2) is 7.56. The predicted octanol–water partition coefficient (Wildman–Crippen LogP) is 4.32. The van der Waals surface area contributed by atoms with Crippen LogP contribution in [0, 0.1) is 6.92 Å². The van der Waals surface area contributed by atoms with Crippen molar-refractivity contribution in [3.05, 3.63) is 90.3 Å². The molecule has 28 heavy (non-hydrogen) atoms. The van der Waals surface area contributed by atoms with Crippen molar-refractivity contribution in [3.63, 3.8) is 0 Å². The zero-order valence-corrected chi connectivity index (χ0v) is 15.9. The Hall–Kier alpha value is -3.60. The number of imidazole rings is 1. The molecule has 2 aromatic carbocycles. The highest BCUT2D eigenvalue weighted by molar-refractivity contribution is 6.04. The zero-order chi connectivity index (χ0) is 19.5. The molecule has 140 valence electrons. The highest BCUT2D eigenvalue weighted by Crippen LogP contribution is 2.37. The number of hydrogen-bond acceptors (Lipinski definition) is 2. The standard InChI is InChI=1S/C23H22N4O/c1-16-20(17-9-5-3-6-10-17)21(18-11-7-4-8-12-18)22(26-16)23(28)25-15-19-24-13-14-27(19)2/h3-14,26H,15H2,1-2H3,(H,25,28). The van der Waals surface area contributed by atoms with Gasteiger partial charge in [0.15, 0.2) is 0 Å². The van der Waals surface area contributed by atoms with E-state index in [1.54, 1.807) is 6.20 Å². The lowest BCUT2D eigenvalue weighted by Crippen LogP contribution is -2.25. The molecular formula is C23H22N4O. The van der Waals surface area contributed by atoms with E-state index in [1.165, 1.54) is 0 Å². The Morgan fingerprint density at radius 1 is 1.00 bits per heavy atom. The highest BCUT2D eigenvalue weighted by Gasteiger charge is 2.22. The number of nitrogens with zero attached hydrogens (tertiary/aromatic N) is 2. The van der Waals surface area contributed by atoms with Gasteiger partial charge in [-0.2, -0.15) is 0 Å². The molecule has 0 radical (unpaired) electrons. The van der Waals surface area contributed by atoms with Crippen LogP contribution >= 0.6 is 0 Å². The minimum atomic E-state index is -0.146. The molecule has 2 N–H and O–H groups in total. The fourth-order valence-corrected chi connectivity index (χ4v) is 3.47. The lowest BCUT2D eigenvalue weighted by molar-refractivity contribution is 0.0945. The third-order valence-corrected chi connectivity index (χ3v) is 4.87. The van der Waals surface area contributed by atoms with E-state index in [9.17, 15) is 4.79 Å². The summed E-state index contributed by atoms with van der Waals surface area (Å²) in [5.41, 5.74) is 5.59. The van der Waals surface area contributed by atoms with Crippen molar-refractivity contribution in [1.82, 2.24) is 19.9 Å². The molecule has 5 nitrogen and oxygen atoms in total. The Morgan fingerprint density at radius 3 is 2.18 bits per heavy atom. The fraction of sp³-hybridized carbons (Fsp3) is 0.130. The first kappa shape index (κ1) is 17.8. The molecule has 0 bridgehead atoms. The number of hydrogen-bond donors (Lipinski definition) is 2. The van der Waals surface area contributed by atoms with Crippen LogP contribution in [-0.4, -0.2) is 20.4 Å². The first-order chi connectivity index (χ1) is 13.6. The van der Waals surface area contributed by atoms with Gasteiger partial charge in [-0.05, 0) is 18.1 Å². The molecule has 0 spiro atoms. The van der Waals surface area contributed by atoms with E-state index in [-0.39, 0.29) is 5.91 Å². The van der Waals surface area contributed by atoms with Crippen molar-refractivity contribution in [2.45, 2.75) is 13.5 Å². The van der Waals surface area contributed by atoms with Crippen molar-refractivity contribution in [3.8, 4) is 22.3 Å². The van der Waals surface area contributed by atoms with Crippen LogP contribution in [0.1, 0.15) is 22.0 Å². The van der Waals surface area contributed by atoms with Gasteiger partial charge in [0.05, 0.1) is 6.54 Å². The minimum Gasteiger partial charge on any atom is -0.354 e. The van der Waals surface area contributed by atoms with Crippen LogP contribution in [0.15, 0.2) is 73.1 Å². The first-order valence-corrected chi connectivity index (χ1v) is 9.23. The Morgan fingerprint density at radius 2 is 1.61 bits per heavy atom. The normalized spacial score (nSPS) is 10.8. The van der Waals surface area contributed by atoms with E-state index in [4.69, 9.17) is 0 Å². The molecule has 0 aliphatic heterocycles. The van der Waals surface area contributed by atoms with Crippen LogP contribution in [0.4, 0.5) is 0 Å². The number of aromatic amines is 1. The lowest BCUT2D eigenvalue weighted by Gasteiger charge is -2.10. The maximum Gasteiger partial charge on any atom is 0.268 e. The summed E-state index contributed by atoms with van der Waals surface area (Å²) in [5.74, 6) is 0.660. The number of carbonyl (C=O) groups excluding carboxylic acids is 1. The highest BCUT2D eigenvalue weighted by atomic mass is 16.1. The molecule has 4 rings (SSSR count). The summed E-state index contributed by atoms with van der Waals surface area (Å²) in [6.07, 6.45) is 3.59. The number of rotatable bonds is 5. The molecule has 2 aromatic heterocycles. The fourth-order valence-electron chi connectivity index (χ4n) is 3.47. The van der Waals surface area contributed by atoms with Crippen LogP contribution in [0.3, 0.4) is 0 Å². The topological polar surface area (TPSA) is 62.7 Å². The zero-order valence-electron chi connectivity index (χ0n) is 15.9. The number of aryl methyl sites for hydroxylation is 2. The molecule has 0 fully saturated rings. The molecule has 0 saturated carbocycles. The number of H-pyrrole nitrogens is 1. The largest absolute Gasteiger partial charge is 0.354 e. The van der Waals surface area contributed by atoms with Gasteiger partial charge in [0.25, 0.3) is 5.91 Å². The van der Waals surface area contributed by atoms with Gasteiger partial charge in [-0.25, -0.2) is 4.98 Å². The monoisotopic (exact) mass is 370 g/mol. The van der Waals surface area contributed by atoms with Crippen LogP contribution in [0.5, 0.6) is 0 Å². The molecule has 0 atom stereocenters. The van der Waals surface area contributed by atoms with E-state index in [2.05, 4.69) is 27.4 Å². The summed E-state index contributed by atoms with van der Waals surface area (Å²) < 4.78 is 1.90. The van der Waals surface area contributed by atoms with Crippen LogP contribution in [0.2, 0.25) is 0 Å². The van der Waals surface area contributed by atoms with Gasteiger partial charge in [0.1, 0.15) is 11.5 Å². The molecular weight excluding hydrogens is 348 g/mol. The van der Waals surface area contributed by atoms with Crippen LogP contribution < -0.4 is 5.32 Å². The SMILES string of the molecule is Cc1[nH]c(C(=O)NCc2nccn2C)c(-c2ccccc2)c1-c1ccccc1. The molecule has 4 aromatic rings. The molecule has 0 saturated heterocycles. The van der Waals surface area contributed by atoms with E-state index >= 15 is 0 Å². The molecule has 0 unspecified atom stereocenters. The van der Waals surface area contributed by atoms with Gasteiger partial charge >= 0.3 is 0 Å². The van der Waals surface area contributed by atoms with Gasteiger partial charge in [-0.15, -0.1) is 0 Å². The average molecular weight is 370 g/mol. The van der Waals surface area contributed by atoms with Crippen molar-refractivity contribution < 1.29 is 4.79 Å². The van der Waals surface area contributed by atoms with E-state index < -0.39 is 0 Å². The van der Waals surface area contributed by atoms with Gasteiger partial charge in [0.2, 0.25) is 0 Å². The maximum atomic E-state index is 13.1. The Kier molecular flexibility index (Phi) is 4.81. The Balaban J connectivity index is 1.77. The summed E-state index contributed by atoms with van der Waals surface area (Å²) in [7, 11) is 1.91. The molecule has 0 aliphatic carbocycles. The molecule has 0 aliphatic rings. The molecule has 2 heterocycles. The smallest absolute Gasteiger partial charge is 0.268 e. The third kappa shape index (κ3) is 3.34. The summed E-state index contributed by atoms with van der Waals surface area (Å²) in [5, 5.41) is 2.99. The van der Waals surface area contributed by atoms with Gasteiger partial charge < -0.3 is 14.9 Å². The Bertz CT molecular complexity index is 1090. The number of carbonyl (C=O) groups is 1. The Labute approximate surface area is 164 Å². The summed E-state index contributed by atoms with van der Waals surface area (Å²) in [4.78, 5) is 20.6. The number of benzene rings is 2. The van der Waals surface area contributed by atoms with E-state index in [1.807, 2.05) is 73.3 Å². The lowest BCUT2D eigenvalue weighted by atomic mass is 9.95. The first-order valence-electron chi connectivity index (χ1n) is 9.23. The van der Waals surface area contributed by atoms with Gasteiger partial charge in [-0.3, -0.25) is 4.79 Å². The molecule has 1 amide bonds. The number of nitrogens with one attached hydrogen (secondary N) is 2. The minimum absolute atomic E-state index is 0.146. The third-order valence-electron chi connectivity index (χ3n) is 4.87. The second-order valence-electron chi connectivity index (χ2n) is 6.74. The number of aromatic nitrogens is 3. The van der Waals surface area contributed by atoms with E-state index in [0.29, 0.717) is 12.2 Å². The quantitative estimate of drug-likeness (QED) is 0.549. The average Bonchev–Trinajstić information content (AvgIpc) is 3.30. The number of amides is 1. The van der Waals surface area contributed by atoms with Crippen molar-refractivity contribution in [1.29, 1.82) is 0 Å². The van der Waals surface area contributed by atoms with Crippen LogP contribution in [-0.2, 0) is 13.6 Å². The second-order valence-corrected chi connectivity index (χ2v) is 6.74. The summed E-state index contributed by atoms with van der Waals surface area (Å²) >= 11 is 0. The van der Waals surface area contributed by atoms with Crippen molar-refractivity contribution in [2.24, 2.45) is 7.05 Å². The maximum absolute atomic E-state index is 13.1.